The van der Waals surface area contributed by atoms with Crippen LogP contribution >= 0.6 is 0 Å². The van der Waals surface area contributed by atoms with E-state index in [1.807, 2.05) is 23.1 Å². The summed E-state index contributed by atoms with van der Waals surface area (Å²) in [5.41, 5.74) is 2.30. The predicted molar refractivity (Wildman–Crippen MR) is 109 cm³/mol. The fraction of sp³-hybridized carbons (Fsp3) is 0.273. The van der Waals surface area contributed by atoms with E-state index in [9.17, 15) is 9.18 Å². The molecule has 1 fully saturated rings. The molecule has 0 saturated carbocycles. The molecular formula is C22H22FN5O. The number of rotatable bonds is 4. The van der Waals surface area contributed by atoms with Crippen LogP contribution in [-0.2, 0) is 4.79 Å². The molecule has 2 aromatic heterocycles. The van der Waals surface area contributed by atoms with Gasteiger partial charge in [0.25, 0.3) is 0 Å². The minimum absolute atomic E-state index is 0.0579. The Hall–Kier alpha value is -3.35. The van der Waals surface area contributed by atoms with Crippen molar-refractivity contribution in [3.05, 3.63) is 66.5 Å². The third-order valence-electron chi connectivity index (χ3n) is 5.05. The minimum atomic E-state index is -0.317. The molecule has 6 nitrogen and oxygen atoms in total. The average molecular weight is 391 g/mol. The van der Waals surface area contributed by atoms with E-state index in [1.165, 1.54) is 12.1 Å². The molecule has 1 aliphatic rings. The molecule has 1 aromatic carbocycles. The molecule has 0 spiro atoms. The maximum Gasteiger partial charge on any atom is 0.219 e. The Morgan fingerprint density at radius 2 is 2.00 bits per heavy atom. The van der Waals surface area contributed by atoms with Crippen LogP contribution in [0.15, 0.2) is 54.9 Å². The second-order valence-corrected chi connectivity index (χ2v) is 7.17. The zero-order valence-electron chi connectivity index (χ0n) is 16.2. The molecule has 1 N–H and O–H groups in total. The third kappa shape index (κ3) is 4.56. The molecule has 1 atom stereocenters. The van der Waals surface area contributed by atoms with E-state index in [0.29, 0.717) is 23.9 Å². The molecule has 3 aromatic rings. The van der Waals surface area contributed by atoms with Gasteiger partial charge in [-0.1, -0.05) is 6.07 Å². The lowest BCUT2D eigenvalue weighted by atomic mass is 9.97. The lowest BCUT2D eigenvalue weighted by Crippen LogP contribution is -2.38. The van der Waals surface area contributed by atoms with E-state index in [2.05, 4.69) is 10.3 Å². The number of amides is 1. The van der Waals surface area contributed by atoms with Crippen molar-refractivity contribution in [1.29, 1.82) is 0 Å². The van der Waals surface area contributed by atoms with Gasteiger partial charge in [-0.25, -0.2) is 14.4 Å². The first-order chi connectivity index (χ1) is 14.1. The Balaban J connectivity index is 1.71. The van der Waals surface area contributed by atoms with Crippen LogP contribution in [0.5, 0.6) is 0 Å². The fourth-order valence-corrected chi connectivity index (χ4v) is 3.57. The first-order valence-corrected chi connectivity index (χ1v) is 9.66. The van der Waals surface area contributed by atoms with Gasteiger partial charge in [0.1, 0.15) is 17.5 Å². The number of pyridine rings is 1. The molecule has 3 heterocycles. The highest BCUT2D eigenvalue weighted by atomic mass is 19.1. The van der Waals surface area contributed by atoms with Gasteiger partial charge in [-0.2, -0.15) is 0 Å². The highest BCUT2D eigenvalue weighted by Crippen LogP contribution is 2.29. The lowest BCUT2D eigenvalue weighted by molar-refractivity contribution is -0.130. The topological polar surface area (TPSA) is 71.0 Å². The number of carbonyl (C=O) groups excluding carboxylic acids is 1. The van der Waals surface area contributed by atoms with Gasteiger partial charge in [0.2, 0.25) is 5.91 Å². The second-order valence-electron chi connectivity index (χ2n) is 7.17. The van der Waals surface area contributed by atoms with Crippen LogP contribution in [0.4, 0.5) is 15.9 Å². The van der Waals surface area contributed by atoms with Crippen molar-refractivity contribution in [3.8, 4) is 11.3 Å². The maximum absolute atomic E-state index is 13.6. The number of piperidine rings is 1. The van der Waals surface area contributed by atoms with E-state index >= 15 is 0 Å². The summed E-state index contributed by atoms with van der Waals surface area (Å²) in [5.74, 6) is 1.08. The Labute approximate surface area is 168 Å². The average Bonchev–Trinajstić information content (AvgIpc) is 2.74. The number of hydrogen-bond acceptors (Lipinski definition) is 5. The second kappa shape index (κ2) is 8.34. The van der Waals surface area contributed by atoms with Crippen molar-refractivity contribution in [2.75, 3.05) is 18.4 Å². The minimum Gasteiger partial charge on any atom is -0.342 e. The summed E-state index contributed by atoms with van der Waals surface area (Å²) in [7, 11) is 0. The number of carbonyl (C=O) groups is 1. The molecule has 4 rings (SSSR count). The van der Waals surface area contributed by atoms with Crippen LogP contribution in [0.1, 0.15) is 31.5 Å². The highest BCUT2D eigenvalue weighted by Gasteiger charge is 2.25. The molecule has 1 amide bonds. The lowest BCUT2D eigenvalue weighted by Gasteiger charge is -2.31. The Kier molecular flexibility index (Phi) is 5.46. The summed E-state index contributed by atoms with van der Waals surface area (Å²) >= 11 is 0. The number of anilines is 2. The van der Waals surface area contributed by atoms with Crippen molar-refractivity contribution >= 4 is 17.4 Å². The van der Waals surface area contributed by atoms with Crippen LogP contribution in [0, 0.1) is 5.82 Å². The maximum atomic E-state index is 13.6. The first-order valence-electron chi connectivity index (χ1n) is 9.66. The molecule has 148 valence electrons. The normalized spacial score (nSPS) is 16.5. The van der Waals surface area contributed by atoms with Gasteiger partial charge in [0.15, 0.2) is 0 Å². The smallest absolute Gasteiger partial charge is 0.219 e. The largest absolute Gasteiger partial charge is 0.342 e. The Morgan fingerprint density at radius 3 is 2.76 bits per heavy atom. The number of nitrogens with one attached hydrogen (secondary N) is 1. The van der Waals surface area contributed by atoms with Crippen LogP contribution < -0.4 is 5.32 Å². The molecule has 1 unspecified atom stereocenters. The predicted octanol–water partition coefficient (Wildman–Crippen LogP) is 4.15. The number of hydrogen-bond donors (Lipinski definition) is 1. The third-order valence-corrected chi connectivity index (χ3v) is 5.05. The van der Waals surface area contributed by atoms with E-state index < -0.39 is 0 Å². The molecule has 1 aliphatic heterocycles. The standard InChI is InChI=1S/C22H22FN5O/c1-15(29)28-11-3-4-17(14-28)22-26-20(16-7-9-24-10-8-16)13-21(27-22)25-19-6-2-5-18(23)12-19/h2,5-10,12-13,17H,3-4,11,14H2,1H3,(H,25,26,27). The molecule has 0 aliphatic carbocycles. The highest BCUT2D eigenvalue weighted by molar-refractivity contribution is 5.73. The summed E-state index contributed by atoms with van der Waals surface area (Å²) in [4.78, 5) is 27.2. The van der Waals surface area contributed by atoms with Gasteiger partial charge in [-0.3, -0.25) is 9.78 Å². The molecular weight excluding hydrogens is 369 g/mol. The first kappa shape index (κ1) is 19.0. The zero-order chi connectivity index (χ0) is 20.2. The molecule has 29 heavy (non-hydrogen) atoms. The fourth-order valence-electron chi connectivity index (χ4n) is 3.57. The summed E-state index contributed by atoms with van der Waals surface area (Å²) in [6.07, 6.45) is 5.27. The van der Waals surface area contributed by atoms with Gasteiger partial charge in [0, 0.05) is 55.6 Å². The zero-order valence-corrected chi connectivity index (χ0v) is 16.2. The number of halogens is 1. The molecule has 0 bridgehead atoms. The number of nitrogens with zero attached hydrogens (tertiary/aromatic N) is 4. The summed E-state index contributed by atoms with van der Waals surface area (Å²) in [5, 5.41) is 3.18. The van der Waals surface area contributed by atoms with Gasteiger partial charge < -0.3 is 10.2 Å². The summed E-state index contributed by atoms with van der Waals surface area (Å²) < 4.78 is 13.6. The molecule has 7 heteroatoms. The van der Waals surface area contributed by atoms with E-state index in [-0.39, 0.29) is 17.6 Å². The van der Waals surface area contributed by atoms with Gasteiger partial charge in [-0.05, 0) is 43.2 Å². The molecule has 1 saturated heterocycles. The van der Waals surface area contributed by atoms with Gasteiger partial charge in [-0.15, -0.1) is 0 Å². The monoisotopic (exact) mass is 391 g/mol. The van der Waals surface area contributed by atoms with Crippen molar-refractivity contribution in [2.24, 2.45) is 0 Å². The Bertz CT molecular complexity index is 1010. The van der Waals surface area contributed by atoms with E-state index in [1.54, 1.807) is 31.5 Å². The van der Waals surface area contributed by atoms with E-state index in [4.69, 9.17) is 9.97 Å². The van der Waals surface area contributed by atoms with Crippen LogP contribution in [0.2, 0.25) is 0 Å². The van der Waals surface area contributed by atoms with Gasteiger partial charge in [0.05, 0.1) is 5.69 Å². The van der Waals surface area contributed by atoms with Crippen molar-refractivity contribution in [1.82, 2.24) is 19.9 Å². The number of likely N-dealkylation sites (tertiary alicyclic amines) is 1. The summed E-state index contributed by atoms with van der Waals surface area (Å²) in [6.45, 7) is 2.96. The van der Waals surface area contributed by atoms with E-state index in [0.717, 1.165) is 30.6 Å². The van der Waals surface area contributed by atoms with Crippen LogP contribution in [0.25, 0.3) is 11.3 Å². The molecule has 0 radical (unpaired) electrons. The van der Waals surface area contributed by atoms with Crippen molar-refractivity contribution < 1.29 is 9.18 Å². The summed E-state index contributed by atoms with van der Waals surface area (Å²) in [6, 6.07) is 11.9. The van der Waals surface area contributed by atoms with Crippen LogP contribution in [-0.4, -0.2) is 38.8 Å². The number of aromatic nitrogens is 3. The van der Waals surface area contributed by atoms with Crippen molar-refractivity contribution in [2.45, 2.75) is 25.7 Å². The van der Waals surface area contributed by atoms with Gasteiger partial charge >= 0.3 is 0 Å². The number of benzene rings is 1. The van der Waals surface area contributed by atoms with Crippen LogP contribution in [0.3, 0.4) is 0 Å². The Morgan fingerprint density at radius 1 is 1.17 bits per heavy atom. The quantitative estimate of drug-likeness (QED) is 0.724. The van der Waals surface area contributed by atoms with Crippen molar-refractivity contribution in [3.63, 3.8) is 0 Å². The SMILES string of the molecule is CC(=O)N1CCCC(c2nc(Nc3cccc(F)c3)cc(-c3ccncc3)n2)C1.